The van der Waals surface area contributed by atoms with Crippen LogP contribution in [-0.2, 0) is 11.2 Å². The van der Waals surface area contributed by atoms with Gasteiger partial charge in [0.2, 0.25) is 11.8 Å². The van der Waals surface area contributed by atoms with E-state index in [2.05, 4.69) is 10.3 Å². The zero-order chi connectivity index (χ0) is 16.0. The van der Waals surface area contributed by atoms with Crippen LogP contribution in [-0.4, -0.2) is 17.5 Å². The molecule has 1 aliphatic heterocycles. The van der Waals surface area contributed by atoms with E-state index in [1.54, 1.807) is 12.3 Å². The number of benzene rings is 1. The molecule has 4 rings (SSSR count). The Morgan fingerprint density at radius 1 is 1.35 bits per heavy atom. The highest BCUT2D eigenvalue weighted by molar-refractivity contribution is 6.35. The number of pyridine rings is 1. The average Bonchev–Trinajstić information content (AvgIpc) is 3.11. The molecule has 0 saturated carbocycles. The van der Waals surface area contributed by atoms with Crippen molar-refractivity contribution in [2.45, 2.75) is 24.8 Å². The van der Waals surface area contributed by atoms with Gasteiger partial charge in [-0.1, -0.05) is 29.3 Å². The topological polar surface area (TPSA) is 51.2 Å². The first-order chi connectivity index (χ1) is 11.1. The molecular formula is C17H14Cl2N2O2. The number of nitrogens with zero attached hydrogens (tertiary/aromatic N) is 1. The Hall–Kier alpha value is -1.78. The minimum atomic E-state index is -0.325. The predicted octanol–water partition coefficient (Wildman–Crippen LogP) is 3.67. The number of carbonyl (C=O) groups excluding carboxylic acids is 1. The van der Waals surface area contributed by atoms with Crippen LogP contribution in [0, 0.1) is 0 Å². The first-order valence-electron chi connectivity index (χ1n) is 7.49. The number of halogens is 2. The lowest BCUT2D eigenvalue weighted by Gasteiger charge is -2.18. The summed E-state index contributed by atoms with van der Waals surface area (Å²) in [5.41, 5.74) is 2.93. The summed E-state index contributed by atoms with van der Waals surface area (Å²) in [5.74, 6) is 0.165. The van der Waals surface area contributed by atoms with Crippen LogP contribution in [0.5, 0.6) is 5.88 Å². The number of ether oxygens (including phenoxy) is 1. The van der Waals surface area contributed by atoms with E-state index in [1.165, 1.54) is 0 Å². The second-order valence-electron chi connectivity index (χ2n) is 5.82. The smallest absolute Gasteiger partial charge is 0.231 e. The third kappa shape index (κ3) is 2.56. The lowest BCUT2D eigenvalue weighted by atomic mass is 10.0. The summed E-state index contributed by atoms with van der Waals surface area (Å²) < 4.78 is 5.49. The van der Waals surface area contributed by atoms with Crippen LogP contribution >= 0.6 is 23.2 Å². The largest absolute Gasteiger partial charge is 0.476 e. The molecule has 1 aromatic heterocycles. The zero-order valence-corrected chi connectivity index (χ0v) is 13.7. The number of hydrogen-bond acceptors (Lipinski definition) is 3. The summed E-state index contributed by atoms with van der Waals surface area (Å²) >= 11 is 12.4. The van der Waals surface area contributed by atoms with Gasteiger partial charge in [0.05, 0.1) is 6.04 Å². The maximum Gasteiger partial charge on any atom is 0.231 e. The summed E-state index contributed by atoms with van der Waals surface area (Å²) in [4.78, 5) is 16.8. The molecule has 2 aliphatic rings. The fourth-order valence-electron chi connectivity index (χ4n) is 3.35. The van der Waals surface area contributed by atoms with E-state index >= 15 is 0 Å². The maximum absolute atomic E-state index is 12.7. The van der Waals surface area contributed by atoms with Crippen molar-refractivity contribution >= 4 is 29.1 Å². The fraction of sp³-hybridized carbons (Fsp3) is 0.294. The van der Waals surface area contributed by atoms with Gasteiger partial charge in [0.25, 0.3) is 0 Å². The Kier molecular flexibility index (Phi) is 3.66. The normalized spacial score (nSPS) is 21.5. The fourth-order valence-corrected chi connectivity index (χ4v) is 4.02. The number of aryl methyl sites for hydroxylation is 1. The average molecular weight is 349 g/mol. The molecule has 0 fully saturated rings. The summed E-state index contributed by atoms with van der Waals surface area (Å²) in [7, 11) is 0. The van der Waals surface area contributed by atoms with Crippen molar-refractivity contribution in [2.24, 2.45) is 0 Å². The van der Waals surface area contributed by atoms with E-state index in [0.29, 0.717) is 22.5 Å². The van der Waals surface area contributed by atoms with Crippen LogP contribution in [0.3, 0.4) is 0 Å². The van der Waals surface area contributed by atoms with Crippen molar-refractivity contribution in [3.05, 3.63) is 57.2 Å². The number of carbonyl (C=O) groups is 1. The molecule has 1 unspecified atom stereocenters. The first kappa shape index (κ1) is 14.8. The minimum Gasteiger partial charge on any atom is -0.476 e. The van der Waals surface area contributed by atoms with Gasteiger partial charge in [-0.3, -0.25) is 4.79 Å². The molecule has 1 amide bonds. The Balaban J connectivity index is 1.56. The van der Waals surface area contributed by atoms with Crippen LogP contribution < -0.4 is 10.1 Å². The third-order valence-electron chi connectivity index (χ3n) is 4.43. The number of hydrogen-bond donors (Lipinski definition) is 1. The Morgan fingerprint density at radius 2 is 2.22 bits per heavy atom. The molecular weight excluding hydrogens is 335 g/mol. The molecule has 2 atom stereocenters. The Morgan fingerprint density at radius 3 is 3.09 bits per heavy atom. The van der Waals surface area contributed by atoms with Gasteiger partial charge in [-0.25, -0.2) is 4.98 Å². The van der Waals surface area contributed by atoms with Crippen molar-refractivity contribution in [1.82, 2.24) is 10.3 Å². The predicted molar refractivity (Wildman–Crippen MR) is 88.1 cm³/mol. The van der Waals surface area contributed by atoms with Crippen molar-refractivity contribution in [3.63, 3.8) is 0 Å². The highest BCUT2D eigenvalue weighted by Crippen LogP contribution is 2.39. The summed E-state index contributed by atoms with van der Waals surface area (Å²) in [6, 6.07) is 7.27. The second kappa shape index (κ2) is 5.69. The number of nitrogens with one attached hydrogen (secondary N) is 1. The molecule has 2 aromatic rings. The van der Waals surface area contributed by atoms with Crippen LogP contribution in [0.15, 0.2) is 30.5 Å². The van der Waals surface area contributed by atoms with Gasteiger partial charge in [0.1, 0.15) is 12.5 Å². The van der Waals surface area contributed by atoms with Gasteiger partial charge in [-0.15, -0.1) is 0 Å². The van der Waals surface area contributed by atoms with Gasteiger partial charge < -0.3 is 10.1 Å². The highest BCUT2D eigenvalue weighted by Gasteiger charge is 2.34. The van der Waals surface area contributed by atoms with Gasteiger partial charge in [0.15, 0.2) is 0 Å². The molecule has 1 aromatic carbocycles. The molecule has 118 valence electrons. The van der Waals surface area contributed by atoms with E-state index in [9.17, 15) is 4.79 Å². The number of aromatic nitrogens is 1. The first-order valence-corrected chi connectivity index (χ1v) is 8.25. The summed E-state index contributed by atoms with van der Waals surface area (Å²) in [6.07, 6.45) is 3.35. The van der Waals surface area contributed by atoms with Crippen LogP contribution in [0.1, 0.15) is 35.1 Å². The van der Waals surface area contributed by atoms with Crippen LogP contribution in [0.25, 0.3) is 0 Å². The molecule has 23 heavy (non-hydrogen) atoms. The molecule has 1 N–H and O–H groups in total. The maximum atomic E-state index is 12.7. The monoisotopic (exact) mass is 348 g/mol. The molecule has 0 radical (unpaired) electrons. The standard InChI is InChI=1S/C17H14Cl2N2O2/c18-10-6-9-3-4-14(15(9)13(19)7-10)21-16(22)12-8-23-17-11(12)2-1-5-20-17/h1-2,5-7,12,14H,3-4,8H2,(H,21,22)/t12?,14-/m0/s1. The number of rotatable bonds is 2. The van der Waals surface area contributed by atoms with Gasteiger partial charge in [0, 0.05) is 21.8 Å². The van der Waals surface area contributed by atoms with Crippen LogP contribution in [0.2, 0.25) is 10.0 Å². The lowest BCUT2D eigenvalue weighted by molar-refractivity contribution is -0.123. The van der Waals surface area contributed by atoms with Crippen LogP contribution in [0.4, 0.5) is 0 Å². The Bertz CT molecular complexity index is 794. The minimum absolute atomic E-state index is 0.0550. The van der Waals surface area contributed by atoms with Crippen molar-refractivity contribution in [1.29, 1.82) is 0 Å². The SMILES string of the molecule is O=C(N[C@H]1CCc2cc(Cl)cc(Cl)c21)C1COc2ncccc21. The molecule has 0 bridgehead atoms. The molecule has 1 aliphatic carbocycles. The van der Waals surface area contributed by atoms with E-state index in [0.717, 1.165) is 29.5 Å². The van der Waals surface area contributed by atoms with E-state index in [-0.39, 0.29) is 17.9 Å². The molecule has 2 heterocycles. The zero-order valence-electron chi connectivity index (χ0n) is 12.2. The molecule has 0 saturated heterocycles. The van der Waals surface area contributed by atoms with E-state index in [4.69, 9.17) is 27.9 Å². The van der Waals surface area contributed by atoms with Crippen molar-refractivity contribution in [2.75, 3.05) is 6.61 Å². The second-order valence-corrected chi connectivity index (χ2v) is 6.67. The summed E-state index contributed by atoms with van der Waals surface area (Å²) in [6.45, 7) is 0.326. The highest BCUT2D eigenvalue weighted by atomic mass is 35.5. The van der Waals surface area contributed by atoms with Crippen molar-refractivity contribution < 1.29 is 9.53 Å². The lowest BCUT2D eigenvalue weighted by Crippen LogP contribution is -2.32. The quantitative estimate of drug-likeness (QED) is 0.900. The number of amides is 1. The molecule has 4 nitrogen and oxygen atoms in total. The number of fused-ring (bicyclic) bond motifs is 2. The van der Waals surface area contributed by atoms with E-state index in [1.807, 2.05) is 18.2 Å². The summed E-state index contributed by atoms with van der Waals surface area (Å²) in [5, 5.41) is 4.34. The molecule has 0 spiro atoms. The van der Waals surface area contributed by atoms with Gasteiger partial charge in [-0.2, -0.15) is 0 Å². The van der Waals surface area contributed by atoms with Gasteiger partial charge >= 0.3 is 0 Å². The third-order valence-corrected chi connectivity index (χ3v) is 4.96. The van der Waals surface area contributed by atoms with Gasteiger partial charge in [-0.05, 0) is 42.2 Å². The van der Waals surface area contributed by atoms with E-state index < -0.39 is 0 Å². The van der Waals surface area contributed by atoms with Crippen molar-refractivity contribution in [3.8, 4) is 5.88 Å². The Labute approximate surface area is 143 Å². The molecule has 6 heteroatoms.